The van der Waals surface area contributed by atoms with Crippen LogP contribution in [0, 0.1) is 20.8 Å². The van der Waals surface area contributed by atoms with Crippen LogP contribution in [0.4, 0.5) is 0 Å². The van der Waals surface area contributed by atoms with Crippen molar-refractivity contribution in [2.45, 2.75) is 20.8 Å². The molecule has 0 amide bonds. The molecule has 1 aromatic carbocycles. The minimum Gasteiger partial charge on any atom is -0.223 e. The van der Waals surface area contributed by atoms with Gasteiger partial charge in [0.2, 0.25) is 0 Å². The minimum absolute atomic E-state index is 0.852. The van der Waals surface area contributed by atoms with Crippen molar-refractivity contribution in [1.29, 1.82) is 0 Å². The summed E-state index contributed by atoms with van der Waals surface area (Å²) in [5.74, 6) is 0.852. The molecule has 0 aliphatic heterocycles. The Balaban J connectivity index is 2.64. The van der Waals surface area contributed by atoms with Crippen LogP contribution in [-0.2, 0) is 0 Å². The van der Waals surface area contributed by atoms with E-state index in [1.54, 1.807) is 5.51 Å². The van der Waals surface area contributed by atoms with E-state index in [0.717, 1.165) is 5.82 Å². The smallest absolute Gasteiger partial charge is 0.173 e. The Hall–Kier alpha value is -1.22. The minimum atomic E-state index is 0.852. The topological polar surface area (TPSA) is 25.8 Å². The Morgan fingerprint density at radius 2 is 1.71 bits per heavy atom. The van der Waals surface area contributed by atoms with Gasteiger partial charge in [-0.3, -0.25) is 0 Å². The molecule has 1 heterocycles. The van der Waals surface area contributed by atoms with Crippen LogP contribution >= 0.6 is 11.5 Å². The number of rotatable bonds is 1. The van der Waals surface area contributed by atoms with Crippen LogP contribution in [-0.4, -0.2) is 9.36 Å². The lowest BCUT2D eigenvalue weighted by Crippen LogP contribution is -1.91. The molecule has 0 fully saturated rings. The third kappa shape index (κ3) is 1.55. The average molecular weight is 204 g/mol. The van der Waals surface area contributed by atoms with Gasteiger partial charge in [0.25, 0.3) is 0 Å². The quantitative estimate of drug-likeness (QED) is 0.713. The molecule has 0 saturated carbocycles. The first kappa shape index (κ1) is 9.34. The van der Waals surface area contributed by atoms with Gasteiger partial charge in [0, 0.05) is 5.56 Å². The van der Waals surface area contributed by atoms with E-state index in [-0.39, 0.29) is 0 Å². The van der Waals surface area contributed by atoms with Crippen LogP contribution in [0.2, 0.25) is 0 Å². The Morgan fingerprint density at radius 3 is 2.21 bits per heavy atom. The molecule has 0 bridgehead atoms. The zero-order valence-electron chi connectivity index (χ0n) is 8.53. The second-order valence-electron chi connectivity index (χ2n) is 3.53. The summed E-state index contributed by atoms with van der Waals surface area (Å²) >= 11 is 1.39. The largest absolute Gasteiger partial charge is 0.223 e. The number of hydrogen-bond acceptors (Lipinski definition) is 3. The van der Waals surface area contributed by atoms with E-state index in [2.05, 4.69) is 42.3 Å². The first-order valence-corrected chi connectivity index (χ1v) is 5.36. The van der Waals surface area contributed by atoms with Crippen molar-refractivity contribution < 1.29 is 0 Å². The molecule has 0 spiro atoms. The van der Waals surface area contributed by atoms with E-state index in [1.807, 2.05) is 0 Å². The van der Waals surface area contributed by atoms with Crippen LogP contribution in [0.25, 0.3) is 11.4 Å². The van der Waals surface area contributed by atoms with Gasteiger partial charge in [-0.15, -0.1) is 0 Å². The molecule has 14 heavy (non-hydrogen) atoms. The van der Waals surface area contributed by atoms with Crippen molar-refractivity contribution in [3.05, 3.63) is 34.3 Å². The van der Waals surface area contributed by atoms with Crippen LogP contribution in [0.5, 0.6) is 0 Å². The van der Waals surface area contributed by atoms with E-state index in [4.69, 9.17) is 0 Å². The zero-order chi connectivity index (χ0) is 10.1. The van der Waals surface area contributed by atoms with Crippen LogP contribution in [0.1, 0.15) is 16.7 Å². The summed E-state index contributed by atoms with van der Waals surface area (Å²) in [4.78, 5) is 4.25. The molecule has 0 unspecified atom stereocenters. The van der Waals surface area contributed by atoms with E-state index < -0.39 is 0 Å². The highest BCUT2D eigenvalue weighted by atomic mass is 32.1. The number of hydrogen-bond donors (Lipinski definition) is 0. The lowest BCUT2D eigenvalue weighted by atomic mass is 9.99. The zero-order valence-corrected chi connectivity index (χ0v) is 9.35. The van der Waals surface area contributed by atoms with Crippen molar-refractivity contribution in [2.75, 3.05) is 0 Å². The fourth-order valence-corrected chi connectivity index (χ4v) is 2.25. The molecule has 2 nitrogen and oxygen atoms in total. The molecule has 0 N–H and O–H groups in total. The molecule has 0 radical (unpaired) electrons. The highest BCUT2D eigenvalue weighted by molar-refractivity contribution is 7.03. The molecule has 0 aliphatic carbocycles. The number of nitrogens with zero attached hydrogens (tertiary/aromatic N) is 2. The Kier molecular flexibility index (Phi) is 2.33. The van der Waals surface area contributed by atoms with Gasteiger partial charge >= 0.3 is 0 Å². The molecule has 0 atom stereocenters. The second-order valence-corrected chi connectivity index (χ2v) is 4.13. The van der Waals surface area contributed by atoms with Crippen molar-refractivity contribution in [3.63, 3.8) is 0 Å². The summed E-state index contributed by atoms with van der Waals surface area (Å²) < 4.78 is 4.27. The monoisotopic (exact) mass is 204 g/mol. The SMILES string of the molecule is Cc1cc(C)c(-c2ncsn2)c(C)c1. The first-order chi connectivity index (χ1) is 6.68. The van der Waals surface area contributed by atoms with Crippen LogP contribution in [0.3, 0.4) is 0 Å². The van der Waals surface area contributed by atoms with Crippen molar-refractivity contribution >= 4 is 11.5 Å². The molecule has 2 aromatic rings. The predicted molar refractivity (Wildman–Crippen MR) is 59.6 cm³/mol. The van der Waals surface area contributed by atoms with E-state index in [0.29, 0.717) is 0 Å². The van der Waals surface area contributed by atoms with Gasteiger partial charge in [0.15, 0.2) is 5.82 Å². The van der Waals surface area contributed by atoms with E-state index in [9.17, 15) is 0 Å². The van der Waals surface area contributed by atoms with Gasteiger partial charge in [-0.1, -0.05) is 17.7 Å². The van der Waals surface area contributed by atoms with Crippen LogP contribution < -0.4 is 0 Å². The number of benzene rings is 1. The molecule has 3 heteroatoms. The average Bonchev–Trinajstić information content (AvgIpc) is 2.54. The molecule has 1 aromatic heterocycles. The number of aromatic nitrogens is 2. The summed E-state index contributed by atoms with van der Waals surface area (Å²) in [6.45, 7) is 6.32. The Labute approximate surface area is 87.8 Å². The van der Waals surface area contributed by atoms with Gasteiger partial charge in [-0.25, -0.2) is 4.98 Å². The molecule has 0 aliphatic rings. The molecular weight excluding hydrogens is 192 g/mol. The maximum Gasteiger partial charge on any atom is 0.173 e. The van der Waals surface area contributed by atoms with Gasteiger partial charge in [0.1, 0.15) is 5.51 Å². The van der Waals surface area contributed by atoms with Crippen molar-refractivity contribution in [2.24, 2.45) is 0 Å². The standard InChI is InChI=1S/C11H12N2S/c1-7-4-8(2)10(9(3)5-7)11-12-6-14-13-11/h4-6H,1-3H3. The number of aryl methyl sites for hydroxylation is 3. The Morgan fingerprint density at radius 1 is 1.07 bits per heavy atom. The lowest BCUT2D eigenvalue weighted by Gasteiger charge is -2.07. The molecule has 0 saturated heterocycles. The lowest BCUT2D eigenvalue weighted by molar-refractivity contribution is 1.25. The summed E-state index contributed by atoms with van der Waals surface area (Å²) in [7, 11) is 0. The van der Waals surface area contributed by atoms with Gasteiger partial charge in [0.05, 0.1) is 0 Å². The highest BCUT2D eigenvalue weighted by Crippen LogP contribution is 2.25. The summed E-state index contributed by atoms with van der Waals surface area (Å²) in [5.41, 5.74) is 6.74. The fraction of sp³-hybridized carbons (Fsp3) is 0.273. The normalized spacial score (nSPS) is 10.5. The molecule has 2 rings (SSSR count). The maximum absolute atomic E-state index is 4.27. The van der Waals surface area contributed by atoms with Gasteiger partial charge in [-0.05, 0) is 43.4 Å². The predicted octanol–water partition coefficient (Wildman–Crippen LogP) is 3.13. The molecular formula is C11H12N2S. The van der Waals surface area contributed by atoms with Crippen molar-refractivity contribution in [1.82, 2.24) is 9.36 Å². The van der Waals surface area contributed by atoms with E-state index >= 15 is 0 Å². The van der Waals surface area contributed by atoms with Crippen LogP contribution in [0.15, 0.2) is 17.6 Å². The third-order valence-electron chi connectivity index (χ3n) is 2.26. The Bertz CT molecular complexity index is 423. The summed E-state index contributed by atoms with van der Waals surface area (Å²) in [5, 5.41) is 0. The maximum atomic E-state index is 4.27. The second kappa shape index (κ2) is 3.50. The van der Waals surface area contributed by atoms with Gasteiger partial charge in [-0.2, -0.15) is 4.37 Å². The third-order valence-corrected chi connectivity index (χ3v) is 2.74. The first-order valence-electron chi connectivity index (χ1n) is 4.53. The molecule has 72 valence electrons. The van der Waals surface area contributed by atoms with Gasteiger partial charge < -0.3 is 0 Å². The fourth-order valence-electron chi connectivity index (χ4n) is 1.81. The summed E-state index contributed by atoms with van der Waals surface area (Å²) in [6.07, 6.45) is 0. The van der Waals surface area contributed by atoms with E-state index in [1.165, 1.54) is 33.8 Å². The van der Waals surface area contributed by atoms with Crippen molar-refractivity contribution in [3.8, 4) is 11.4 Å². The highest BCUT2D eigenvalue weighted by Gasteiger charge is 2.09. The summed E-state index contributed by atoms with van der Waals surface area (Å²) in [6, 6.07) is 4.34.